The van der Waals surface area contributed by atoms with Gasteiger partial charge in [0.15, 0.2) is 5.58 Å². The molecule has 0 aliphatic heterocycles. The summed E-state index contributed by atoms with van der Waals surface area (Å²) < 4.78 is 5.02. The fraction of sp³-hybridized carbons (Fsp3) is 0.250. The molecule has 4 rings (SSSR count). The second kappa shape index (κ2) is 4.77. The molecule has 1 atom stereocenters. The monoisotopic (exact) mass is 281 g/mol. The molecule has 106 valence electrons. The highest BCUT2D eigenvalue weighted by molar-refractivity contribution is 5.76. The third-order valence-electron chi connectivity index (χ3n) is 3.95. The van der Waals surface area contributed by atoms with Crippen molar-refractivity contribution >= 4 is 16.8 Å². The first-order chi connectivity index (χ1) is 10.3. The highest BCUT2D eigenvalue weighted by atomic mass is 16.4. The number of oxazole rings is 1. The van der Waals surface area contributed by atoms with Gasteiger partial charge in [-0.3, -0.25) is 9.97 Å². The van der Waals surface area contributed by atoms with Crippen LogP contribution in [0.5, 0.6) is 0 Å². The van der Waals surface area contributed by atoms with Gasteiger partial charge >= 0.3 is 5.76 Å². The van der Waals surface area contributed by atoms with Crippen LogP contribution in [0.1, 0.15) is 30.1 Å². The predicted molar refractivity (Wildman–Crippen MR) is 80.4 cm³/mol. The molecule has 0 fully saturated rings. The average molecular weight is 281 g/mol. The number of aryl methyl sites for hydroxylation is 1. The van der Waals surface area contributed by atoms with Crippen LogP contribution >= 0.6 is 0 Å². The van der Waals surface area contributed by atoms with E-state index in [-0.39, 0.29) is 6.04 Å². The van der Waals surface area contributed by atoms with Crippen LogP contribution in [0.4, 0.5) is 5.69 Å². The van der Waals surface area contributed by atoms with Crippen LogP contribution in [0.2, 0.25) is 0 Å². The molecule has 2 heterocycles. The number of anilines is 1. The molecule has 1 unspecified atom stereocenters. The Morgan fingerprint density at radius 1 is 1.33 bits per heavy atom. The van der Waals surface area contributed by atoms with Crippen LogP contribution in [0.15, 0.2) is 45.7 Å². The number of hydrogen-bond acceptors (Lipinski definition) is 4. The Labute approximate surface area is 121 Å². The van der Waals surface area contributed by atoms with E-state index in [4.69, 9.17) is 4.42 Å². The smallest absolute Gasteiger partial charge is 0.408 e. The van der Waals surface area contributed by atoms with E-state index in [1.165, 1.54) is 5.56 Å². The van der Waals surface area contributed by atoms with Gasteiger partial charge in [0.25, 0.3) is 0 Å². The highest BCUT2D eigenvalue weighted by Gasteiger charge is 2.21. The lowest BCUT2D eigenvalue weighted by Crippen LogP contribution is -2.18. The van der Waals surface area contributed by atoms with E-state index in [0.717, 1.165) is 30.6 Å². The van der Waals surface area contributed by atoms with E-state index in [1.54, 1.807) is 6.07 Å². The van der Waals surface area contributed by atoms with E-state index in [1.807, 2.05) is 24.4 Å². The van der Waals surface area contributed by atoms with Crippen molar-refractivity contribution in [3.8, 4) is 0 Å². The Morgan fingerprint density at radius 3 is 3.24 bits per heavy atom. The molecule has 5 heteroatoms. The Hall–Kier alpha value is -2.56. The van der Waals surface area contributed by atoms with Gasteiger partial charge in [-0.05, 0) is 49.1 Å². The maximum atomic E-state index is 11.2. The summed E-state index contributed by atoms with van der Waals surface area (Å²) in [6.07, 6.45) is 5.15. The number of nitrogens with zero attached hydrogens (tertiary/aromatic N) is 1. The molecule has 0 saturated carbocycles. The van der Waals surface area contributed by atoms with Crippen LogP contribution in [-0.2, 0) is 6.42 Å². The third kappa shape index (κ3) is 2.20. The van der Waals surface area contributed by atoms with E-state index in [2.05, 4.69) is 21.4 Å². The molecule has 1 aromatic carbocycles. The zero-order valence-electron chi connectivity index (χ0n) is 11.4. The van der Waals surface area contributed by atoms with Crippen molar-refractivity contribution in [1.29, 1.82) is 0 Å². The van der Waals surface area contributed by atoms with Gasteiger partial charge in [0.05, 0.1) is 17.3 Å². The molecular weight excluding hydrogens is 266 g/mol. The number of pyridine rings is 1. The van der Waals surface area contributed by atoms with E-state index in [9.17, 15) is 4.79 Å². The summed E-state index contributed by atoms with van der Waals surface area (Å²) in [6.45, 7) is 0. The summed E-state index contributed by atoms with van der Waals surface area (Å²) in [6, 6.07) is 9.98. The molecule has 0 amide bonds. The van der Waals surface area contributed by atoms with Gasteiger partial charge in [-0.1, -0.05) is 6.07 Å². The fourth-order valence-electron chi connectivity index (χ4n) is 2.99. The fourth-order valence-corrected chi connectivity index (χ4v) is 2.99. The molecule has 3 aromatic rings. The van der Waals surface area contributed by atoms with E-state index < -0.39 is 5.76 Å². The summed E-state index contributed by atoms with van der Waals surface area (Å²) in [4.78, 5) is 18.4. The quantitative estimate of drug-likeness (QED) is 0.757. The molecule has 0 spiro atoms. The molecule has 0 bridgehead atoms. The van der Waals surface area contributed by atoms with Gasteiger partial charge in [0, 0.05) is 11.9 Å². The predicted octanol–water partition coefficient (Wildman–Crippen LogP) is 3.01. The van der Waals surface area contributed by atoms with Crippen molar-refractivity contribution in [2.45, 2.75) is 25.3 Å². The van der Waals surface area contributed by atoms with Crippen molar-refractivity contribution in [2.24, 2.45) is 0 Å². The first kappa shape index (κ1) is 12.2. The molecule has 2 aromatic heterocycles. The molecule has 0 radical (unpaired) electrons. The summed E-state index contributed by atoms with van der Waals surface area (Å²) >= 11 is 0. The second-order valence-electron chi connectivity index (χ2n) is 5.36. The summed E-state index contributed by atoms with van der Waals surface area (Å²) in [5.41, 5.74) is 4.70. The van der Waals surface area contributed by atoms with Gasteiger partial charge in [-0.15, -0.1) is 0 Å². The lowest BCUT2D eigenvalue weighted by Gasteiger charge is -2.26. The second-order valence-corrected chi connectivity index (χ2v) is 5.36. The van der Waals surface area contributed by atoms with E-state index in [0.29, 0.717) is 11.1 Å². The van der Waals surface area contributed by atoms with Crippen molar-refractivity contribution in [2.75, 3.05) is 5.32 Å². The standard InChI is InChI=1S/C16H15N3O2/c20-16-19-13-9-11(6-7-14(13)21-16)18-12-5-1-3-10-4-2-8-17-15(10)12/h2,4,6-9,12,18H,1,3,5H2,(H,19,20). The lowest BCUT2D eigenvalue weighted by atomic mass is 9.92. The van der Waals surface area contributed by atoms with Crippen molar-refractivity contribution in [3.05, 3.63) is 58.3 Å². The Morgan fingerprint density at radius 2 is 2.29 bits per heavy atom. The number of H-pyrrole nitrogens is 1. The van der Waals surface area contributed by atoms with Gasteiger partial charge in [0.2, 0.25) is 0 Å². The Balaban J connectivity index is 1.67. The largest absolute Gasteiger partial charge is 0.417 e. The minimum absolute atomic E-state index is 0.214. The van der Waals surface area contributed by atoms with Crippen molar-refractivity contribution in [3.63, 3.8) is 0 Å². The van der Waals surface area contributed by atoms with Gasteiger partial charge in [-0.2, -0.15) is 0 Å². The molecule has 1 aliphatic carbocycles. The molecule has 2 N–H and O–H groups in total. The number of fused-ring (bicyclic) bond motifs is 2. The number of rotatable bonds is 2. The first-order valence-corrected chi connectivity index (χ1v) is 7.13. The van der Waals surface area contributed by atoms with Gasteiger partial charge in [-0.25, -0.2) is 4.79 Å². The topological polar surface area (TPSA) is 70.9 Å². The van der Waals surface area contributed by atoms with E-state index >= 15 is 0 Å². The van der Waals surface area contributed by atoms with Crippen LogP contribution in [-0.4, -0.2) is 9.97 Å². The Kier molecular flexibility index (Phi) is 2.77. The summed E-state index contributed by atoms with van der Waals surface area (Å²) in [5, 5.41) is 3.51. The van der Waals surface area contributed by atoms with Crippen LogP contribution in [0.25, 0.3) is 11.1 Å². The van der Waals surface area contributed by atoms with Crippen LogP contribution in [0, 0.1) is 0 Å². The van der Waals surface area contributed by atoms with Crippen LogP contribution < -0.4 is 11.1 Å². The number of nitrogens with one attached hydrogen (secondary N) is 2. The zero-order chi connectivity index (χ0) is 14.2. The number of aromatic amines is 1. The maximum Gasteiger partial charge on any atom is 0.417 e. The van der Waals surface area contributed by atoms with Crippen molar-refractivity contribution < 1.29 is 4.42 Å². The SMILES string of the molecule is O=c1[nH]c2cc(NC3CCCc4cccnc43)ccc2o1. The number of benzene rings is 1. The lowest BCUT2D eigenvalue weighted by molar-refractivity contribution is 0.555. The number of aromatic nitrogens is 2. The normalized spacial score (nSPS) is 17.6. The van der Waals surface area contributed by atoms with Crippen LogP contribution in [0.3, 0.4) is 0 Å². The molecule has 0 saturated heterocycles. The molecule has 5 nitrogen and oxygen atoms in total. The number of hydrogen-bond donors (Lipinski definition) is 2. The molecule has 1 aliphatic rings. The summed E-state index contributed by atoms with van der Waals surface area (Å²) in [7, 11) is 0. The van der Waals surface area contributed by atoms with Crippen molar-refractivity contribution in [1.82, 2.24) is 9.97 Å². The maximum absolute atomic E-state index is 11.2. The minimum atomic E-state index is -0.424. The Bertz CT molecular complexity index is 850. The third-order valence-corrected chi connectivity index (χ3v) is 3.95. The van der Waals surface area contributed by atoms with Gasteiger partial charge in [0.1, 0.15) is 0 Å². The first-order valence-electron chi connectivity index (χ1n) is 7.13. The highest BCUT2D eigenvalue weighted by Crippen LogP contribution is 2.31. The summed E-state index contributed by atoms with van der Waals surface area (Å²) in [5.74, 6) is -0.424. The molecular formula is C16H15N3O2. The van der Waals surface area contributed by atoms with Gasteiger partial charge < -0.3 is 9.73 Å². The average Bonchev–Trinajstić information content (AvgIpc) is 2.87. The zero-order valence-corrected chi connectivity index (χ0v) is 11.4. The minimum Gasteiger partial charge on any atom is -0.408 e. The molecule has 21 heavy (non-hydrogen) atoms.